The molecule has 1 aliphatic rings. The van der Waals surface area contributed by atoms with Gasteiger partial charge in [0.15, 0.2) is 0 Å². The molecule has 1 amide bonds. The molecular formula is C16H19NO5S. The van der Waals surface area contributed by atoms with Crippen LogP contribution in [0.1, 0.15) is 34.6 Å². The van der Waals surface area contributed by atoms with Crippen LogP contribution in [0.15, 0.2) is 24.3 Å². The molecule has 6 nitrogen and oxygen atoms in total. The lowest BCUT2D eigenvalue weighted by molar-refractivity contribution is -0.143. The minimum atomic E-state index is -0.397. The third kappa shape index (κ3) is 4.25. The molecule has 1 saturated heterocycles. The molecule has 1 aromatic rings. The molecule has 124 valence electrons. The summed E-state index contributed by atoms with van der Waals surface area (Å²) in [6, 6.07) is 6.96. The van der Waals surface area contributed by atoms with Crippen molar-refractivity contribution in [3.05, 3.63) is 35.4 Å². The molecule has 0 spiro atoms. The zero-order valence-corrected chi connectivity index (χ0v) is 13.9. The van der Waals surface area contributed by atoms with Crippen molar-refractivity contribution in [3.63, 3.8) is 0 Å². The van der Waals surface area contributed by atoms with Gasteiger partial charge in [0.05, 0.1) is 31.5 Å². The normalized spacial score (nSPS) is 17.2. The highest BCUT2D eigenvalue weighted by atomic mass is 32.2. The topological polar surface area (TPSA) is 72.9 Å². The third-order valence-corrected chi connectivity index (χ3v) is 4.70. The second-order valence-corrected chi connectivity index (χ2v) is 5.99. The fraction of sp³-hybridized carbons (Fsp3) is 0.438. The minimum Gasteiger partial charge on any atom is -0.466 e. The summed E-state index contributed by atoms with van der Waals surface area (Å²) in [6.07, 6.45) is 0.177. The van der Waals surface area contributed by atoms with E-state index in [1.165, 1.54) is 18.9 Å². The third-order valence-electron chi connectivity index (χ3n) is 3.45. The largest absolute Gasteiger partial charge is 0.466 e. The molecule has 0 aliphatic carbocycles. The Labute approximate surface area is 139 Å². The van der Waals surface area contributed by atoms with E-state index in [0.29, 0.717) is 24.5 Å². The van der Waals surface area contributed by atoms with Crippen LogP contribution in [0.25, 0.3) is 0 Å². The van der Waals surface area contributed by atoms with Crippen molar-refractivity contribution in [2.24, 2.45) is 0 Å². The molecule has 0 radical (unpaired) electrons. The van der Waals surface area contributed by atoms with Crippen LogP contribution in [-0.2, 0) is 19.1 Å². The predicted octanol–water partition coefficient (Wildman–Crippen LogP) is 2.00. The molecule has 0 bridgehead atoms. The number of rotatable bonds is 6. The zero-order valence-electron chi connectivity index (χ0n) is 13.1. The van der Waals surface area contributed by atoms with Gasteiger partial charge >= 0.3 is 11.9 Å². The van der Waals surface area contributed by atoms with Crippen LogP contribution in [0.2, 0.25) is 0 Å². The maximum Gasteiger partial charge on any atom is 0.337 e. The van der Waals surface area contributed by atoms with Gasteiger partial charge in [-0.3, -0.25) is 9.59 Å². The highest BCUT2D eigenvalue weighted by molar-refractivity contribution is 8.00. The van der Waals surface area contributed by atoms with Crippen LogP contribution < -0.4 is 0 Å². The summed E-state index contributed by atoms with van der Waals surface area (Å²) in [7, 11) is 1.33. The van der Waals surface area contributed by atoms with Crippen molar-refractivity contribution in [3.8, 4) is 0 Å². The summed E-state index contributed by atoms with van der Waals surface area (Å²) < 4.78 is 9.56. The van der Waals surface area contributed by atoms with E-state index in [0.717, 1.165) is 5.56 Å². The molecule has 1 aliphatic heterocycles. The number of thioether (sulfide) groups is 1. The van der Waals surface area contributed by atoms with E-state index in [1.807, 2.05) is 0 Å². The number of carbonyl (C=O) groups is 3. The lowest BCUT2D eigenvalue weighted by Gasteiger charge is -2.24. The van der Waals surface area contributed by atoms with E-state index < -0.39 is 5.97 Å². The highest BCUT2D eigenvalue weighted by Crippen LogP contribution is 2.38. The number of esters is 2. The fourth-order valence-corrected chi connectivity index (χ4v) is 3.54. The number of nitrogens with zero attached hydrogens (tertiary/aromatic N) is 1. The van der Waals surface area contributed by atoms with Gasteiger partial charge in [-0.2, -0.15) is 0 Å². The van der Waals surface area contributed by atoms with Crippen LogP contribution in [0, 0.1) is 0 Å². The summed E-state index contributed by atoms with van der Waals surface area (Å²) in [4.78, 5) is 36.6. The van der Waals surface area contributed by atoms with Crippen molar-refractivity contribution in [1.29, 1.82) is 0 Å². The van der Waals surface area contributed by atoms with Crippen LogP contribution >= 0.6 is 11.8 Å². The summed E-state index contributed by atoms with van der Waals surface area (Å²) in [6.45, 7) is 2.41. The lowest BCUT2D eigenvalue weighted by atomic mass is 10.1. The number of hydrogen-bond acceptors (Lipinski definition) is 6. The monoisotopic (exact) mass is 337 g/mol. The van der Waals surface area contributed by atoms with Crippen LogP contribution in [0.4, 0.5) is 0 Å². The number of hydrogen-bond donors (Lipinski definition) is 0. The average molecular weight is 337 g/mol. The Morgan fingerprint density at radius 3 is 2.61 bits per heavy atom. The molecule has 1 fully saturated rings. The van der Waals surface area contributed by atoms with E-state index in [4.69, 9.17) is 4.74 Å². The van der Waals surface area contributed by atoms with Crippen LogP contribution in [0.3, 0.4) is 0 Å². The quantitative estimate of drug-likeness (QED) is 0.739. The second kappa shape index (κ2) is 8.01. The van der Waals surface area contributed by atoms with Crippen molar-refractivity contribution >= 4 is 29.6 Å². The molecule has 1 atom stereocenters. The Morgan fingerprint density at radius 1 is 1.30 bits per heavy atom. The molecule has 1 unspecified atom stereocenters. The minimum absolute atomic E-state index is 0.00124. The van der Waals surface area contributed by atoms with Gasteiger partial charge in [-0.1, -0.05) is 12.1 Å². The molecule has 1 heterocycles. The number of methoxy groups -OCH3 is 1. The average Bonchev–Trinajstić information content (AvgIpc) is 2.93. The Hall–Kier alpha value is -2.02. The van der Waals surface area contributed by atoms with Crippen molar-refractivity contribution in [2.45, 2.75) is 18.7 Å². The summed E-state index contributed by atoms with van der Waals surface area (Å²) in [5.74, 6) is -0.323. The van der Waals surface area contributed by atoms with Crippen LogP contribution in [0.5, 0.6) is 0 Å². The van der Waals surface area contributed by atoms with Gasteiger partial charge in [-0.05, 0) is 24.6 Å². The molecule has 0 saturated carbocycles. The Balaban J connectivity index is 2.06. The smallest absolute Gasteiger partial charge is 0.337 e. The molecule has 0 N–H and O–H groups in total. The summed E-state index contributed by atoms with van der Waals surface area (Å²) in [5.41, 5.74) is 1.38. The Bertz CT molecular complexity index is 587. The van der Waals surface area contributed by atoms with Gasteiger partial charge in [-0.15, -0.1) is 11.8 Å². The first kappa shape index (κ1) is 17.3. The predicted molar refractivity (Wildman–Crippen MR) is 85.9 cm³/mol. The molecule has 2 rings (SSSR count). The number of benzene rings is 1. The van der Waals surface area contributed by atoms with Gasteiger partial charge in [0.1, 0.15) is 5.37 Å². The van der Waals surface area contributed by atoms with Crippen LogP contribution in [-0.4, -0.2) is 48.8 Å². The van der Waals surface area contributed by atoms with E-state index in [9.17, 15) is 14.4 Å². The Kier molecular flexibility index (Phi) is 6.04. The Morgan fingerprint density at radius 2 is 2.00 bits per heavy atom. The van der Waals surface area contributed by atoms with Crippen molar-refractivity contribution < 1.29 is 23.9 Å². The molecule has 23 heavy (non-hydrogen) atoms. The second-order valence-electron chi connectivity index (χ2n) is 4.92. The summed E-state index contributed by atoms with van der Waals surface area (Å²) >= 11 is 1.50. The molecule has 7 heteroatoms. The number of amides is 1. The highest BCUT2D eigenvalue weighted by Gasteiger charge is 2.33. The van der Waals surface area contributed by atoms with E-state index in [-0.39, 0.29) is 23.7 Å². The van der Waals surface area contributed by atoms with Crippen molar-refractivity contribution in [1.82, 2.24) is 4.90 Å². The molecular weight excluding hydrogens is 318 g/mol. The van der Waals surface area contributed by atoms with E-state index in [2.05, 4.69) is 4.74 Å². The van der Waals surface area contributed by atoms with Gasteiger partial charge in [0.25, 0.3) is 0 Å². The first-order valence-electron chi connectivity index (χ1n) is 7.31. The number of carbonyl (C=O) groups excluding carboxylic acids is 3. The lowest BCUT2D eigenvalue weighted by Crippen LogP contribution is -2.30. The molecule has 1 aromatic carbocycles. The number of ether oxygens (including phenoxy) is 2. The maximum atomic E-state index is 12.0. The van der Waals surface area contributed by atoms with Gasteiger partial charge < -0.3 is 14.4 Å². The van der Waals surface area contributed by atoms with Gasteiger partial charge in [-0.25, -0.2) is 4.79 Å². The van der Waals surface area contributed by atoms with Gasteiger partial charge in [0, 0.05) is 6.54 Å². The first-order chi connectivity index (χ1) is 11.1. The molecule has 0 aromatic heterocycles. The van der Waals surface area contributed by atoms with E-state index >= 15 is 0 Å². The van der Waals surface area contributed by atoms with Gasteiger partial charge in [0.2, 0.25) is 5.91 Å². The van der Waals surface area contributed by atoms with E-state index in [1.54, 1.807) is 36.1 Å². The summed E-state index contributed by atoms with van der Waals surface area (Å²) in [5, 5.41) is -0.149. The van der Waals surface area contributed by atoms with Crippen molar-refractivity contribution in [2.75, 3.05) is 26.0 Å². The standard InChI is InChI=1S/C16H19NO5S/c1-3-22-14(19)8-9-17-13(18)10-23-15(17)11-4-6-12(7-5-11)16(20)21-2/h4-7,15H,3,8-10H2,1-2H3. The fourth-order valence-electron chi connectivity index (χ4n) is 2.32. The maximum absolute atomic E-state index is 12.0. The zero-order chi connectivity index (χ0) is 16.8. The SMILES string of the molecule is CCOC(=O)CCN1C(=O)CSC1c1ccc(C(=O)OC)cc1. The first-order valence-corrected chi connectivity index (χ1v) is 8.36.